The first-order valence-electron chi connectivity index (χ1n) is 7.22. The highest BCUT2D eigenvalue weighted by molar-refractivity contribution is 14.0. The van der Waals surface area contributed by atoms with Crippen molar-refractivity contribution < 1.29 is 0 Å². The third kappa shape index (κ3) is 5.32. The lowest BCUT2D eigenvalue weighted by atomic mass is 10.2. The van der Waals surface area contributed by atoms with Gasteiger partial charge >= 0.3 is 0 Å². The van der Waals surface area contributed by atoms with E-state index in [1.54, 1.807) is 0 Å². The number of guanidine groups is 1. The van der Waals surface area contributed by atoms with E-state index in [4.69, 9.17) is 0 Å². The number of hydrogen-bond donors (Lipinski definition) is 1. The van der Waals surface area contributed by atoms with Crippen LogP contribution in [0.1, 0.15) is 24.6 Å². The van der Waals surface area contributed by atoms with Crippen molar-refractivity contribution in [2.24, 2.45) is 4.99 Å². The molecule has 0 saturated carbocycles. The molecule has 1 aliphatic rings. The van der Waals surface area contributed by atoms with E-state index in [1.807, 2.05) is 19.3 Å². The van der Waals surface area contributed by atoms with Crippen molar-refractivity contribution in [3.63, 3.8) is 0 Å². The Morgan fingerprint density at radius 3 is 3.05 bits per heavy atom. The molecule has 118 valence electrons. The summed E-state index contributed by atoms with van der Waals surface area (Å²) in [5.41, 5.74) is 2.31. The summed E-state index contributed by atoms with van der Waals surface area (Å²) in [5.74, 6) is 2.18. The van der Waals surface area contributed by atoms with E-state index in [0.717, 1.165) is 36.5 Å². The minimum absolute atomic E-state index is 0. The molecule has 2 heterocycles. The molecule has 0 aromatic carbocycles. The highest BCUT2D eigenvalue weighted by atomic mass is 127. The molecule has 4 nitrogen and oxygen atoms in total. The molecule has 0 radical (unpaired) electrons. The van der Waals surface area contributed by atoms with Gasteiger partial charge in [0.25, 0.3) is 0 Å². The van der Waals surface area contributed by atoms with Gasteiger partial charge in [-0.3, -0.25) is 9.98 Å². The Bertz CT molecular complexity index is 467. The minimum Gasteiger partial charge on any atom is -0.351 e. The quantitative estimate of drug-likeness (QED) is 0.464. The number of rotatable bonds is 3. The second-order valence-electron chi connectivity index (χ2n) is 5.01. The molecule has 2 rings (SSSR count). The Hall–Kier alpha value is -0.500. The van der Waals surface area contributed by atoms with Gasteiger partial charge in [-0.15, -0.1) is 24.0 Å². The molecule has 1 fully saturated rings. The Kier molecular flexibility index (Phi) is 8.39. The van der Waals surface area contributed by atoms with Crippen LogP contribution in [0.3, 0.4) is 0 Å². The van der Waals surface area contributed by atoms with Gasteiger partial charge in [0.1, 0.15) is 0 Å². The standard InChI is InChI=1S/C15H24N4S.HI/c1-4-13-11-19(8-9-20-13)15(16-3)18-10-14-12(2)6-5-7-17-14;/h5-7,13H,4,8-11H2,1-3H3,(H,16,18);1H. The van der Waals surface area contributed by atoms with E-state index in [1.165, 1.54) is 17.7 Å². The molecule has 21 heavy (non-hydrogen) atoms. The van der Waals surface area contributed by atoms with Crippen molar-refractivity contribution in [1.82, 2.24) is 15.2 Å². The van der Waals surface area contributed by atoms with Crippen molar-refractivity contribution >= 4 is 41.7 Å². The second-order valence-corrected chi connectivity index (χ2v) is 6.42. The molecule has 1 unspecified atom stereocenters. The fraction of sp³-hybridized carbons (Fsp3) is 0.600. The van der Waals surface area contributed by atoms with Crippen molar-refractivity contribution in [2.75, 3.05) is 25.9 Å². The molecule has 6 heteroatoms. The molecular formula is C15H25IN4S. The minimum atomic E-state index is 0. The Labute approximate surface area is 149 Å². The van der Waals surface area contributed by atoms with Crippen LogP contribution in [-0.2, 0) is 6.54 Å². The Morgan fingerprint density at radius 1 is 1.57 bits per heavy atom. The summed E-state index contributed by atoms with van der Waals surface area (Å²) in [4.78, 5) is 11.2. The highest BCUT2D eigenvalue weighted by Crippen LogP contribution is 2.21. The second kappa shape index (κ2) is 9.50. The van der Waals surface area contributed by atoms with Crippen LogP contribution >= 0.6 is 35.7 Å². The summed E-state index contributed by atoms with van der Waals surface area (Å²) in [6, 6.07) is 4.07. The van der Waals surface area contributed by atoms with Crippen LogP contribution in [-0.4, -0.2) is 47.0 Å². The molecule has 0 amide bonds. The summed E-state index contributed by atoms with van der Waals surface area (Å²) in [7, 11) is 1.86. The summed E-state index contributed by atoms with van der Waals surface area (Å²) < 4.78 is 0. The SMILES string of the molecule is CCC1CN(C(=NC)NCc2ncccc2C)CCS1.I. The number of nitrogens with one attached hydrogen (secondary N) is 1. The van der Waals surface area contributed by atoms with Crippen LogP contribution in [0, 0.1) is 6.92 Å². The molecule has 1 aliphatic heterocycles. The van der Waals surface area contributed by atoms with Gasteiger partial charge in [-0.05, 0) is 25.0 Å². The van der Waals surface area contributed by atoms with Crippen molar-refractivity contribution in [2.45, 2.75) is 32.1 Å². The molecular weight excluding hydrogens is 395 g/mol. The number of pyridine rings is 1. The number of thioether (sulfide) groups is 1. The molecule has 1 saturated heterocycles. The molecule has 1 aromatic heterocycles. The average molecular weight is 420 g/mol. The van der Waals surface area contributed by atoms with E-state index in [9.17, 15) is 0 Å². The van der Waals surface area contributed by atoms with Crippen LogP contribution in [0.25, 0.3) is 0 Å². The average Bonchev–Trinajstić information content (AvgIpc) is 2.50. The van der Waals surface area contributed by atoms with E-state index in [-0.39, 0.29) is 24.0 Å². The lowest BCUT2D eigenvalue weighted by molar-refractivity contribution is 0.407. The van der Waals surface area contributed by atoms with Gasteiger partial charge < -0.3 is 10.2 Å². The lowest BCUT2D eigenvalue weighted by Gasteiger charge is -2.34. The van der Waals surface area contributed by atoms with E-state index in [2.05, 4.69) is 51.9 Å². The smallest absolute Gasteiger partial charge is 0.194 e. The van der Waals surface area contributed by atoms with Crippen LogP contribution in [0.4, 0.5) is 0 Å². The lowest BCUT2D eigenvalue weighted by Crippen LogP contribution is -2.47. The fourth-order valence-electron chi connectivity index (χ4n) is 2.36. The monoisotopic (exact) mass is 420 g/mol. The zero-order chi connectivity index (χ0) is 14.4. The summed E-state index contributed by atoms with van der Waals surface area (Å²) in [6.07, 6.45) is 3.06. The highest BCUT2D eigenvalue weighted by Gasteiger charge is 2.21. The van der Waals surface area contributed by atoms with Crippen LogP contribution in [0.5, 0.6) is 0 Å². The van der Waals surface area contributed by atoms with Gasteiger partial charge in [0.2, 0.25) is 0 Å². The topological polar surface area (TPSA) is 40.5 Å². The number of aryl methyl sites for hydroxylation is 1. The Balaban J connectivity index is 0.00000220. The van der Waals surface area contributed by atoms with Gasteiger partial charge in [-0.2, -0.15) is 11.8 Å². The third-order valence-corrected chi connectivity index (χ3v) is 5.01. The van der Waals surface area contributed by atoms with E-state index >= 15 is 0 Å². The number of aromatic nitrogens is 1. The van der Waals surface area contributed by atoms with Crippen LogP contribution in [0.2, 0.25) is 0 Å². The molecule has 1 N–H and O–H groups in total. The zero-order valence-electron chi connectivity index (χ0n) is 13.0. The number of hydrogen-bond acceptors (Lipinski definition) is 3. The van der Waals surface area contributed by atoms with Gasteiger partial charge in [0, 0.05) is 37.3 Å². The number of halogens is 1. The maximum Gasteiger partial charge on any atom is 0.194 e. The van der Waals surface area contributed by atoms with Gasteiger partial charge in [0.15, 0.2) is 5.96 Å². The van der Waals surface area contributed by atoms with Gasteiger partial charge in [-0.25, -0.2) is 0 Å². The third-order valence-electron chi connectivity index (χ3n) is 3.64. The number of nitrogens with zero attached hydrogens (tertiary/aromatic N) is 3. The van der Waals surface area contributed by atoms with Crippen molar-refractivity contribution in [3.8, 4) is 0 Å². The predicted molar refractivity (Wildman–Crippen MR) is 103 cm³/mol. The first-order chi connectivity index (χ1) is 9.74. The van der Waals surface area contributed by atoms with E-state index in [0.29, 0.717) is 0 Å². The first kappa shape index (κ1) is 18.5. The zero-order valence-corrected chi connectivity index (χ0v) is 16.1. The van der Waals surface area contributed by atoms with Crippen molar-refractivity contribution in [3.05, 3.63) is 29.6 Å². The van der Waals surface area contributed by atoms with Gasteiger partial charge in [-0.1, -0.05) is 13.0 Å². The maximum atomic E-state index is 4.42. The molecule has 0 aliphatic carbocycles. The predicted octanol–water partition coefficient (Wildman–Crippen LogP) is 2.91. The first-order valence-corrected chi connectivity index (χ1v) is 8.27. The van der Waals surface area contributed by atoms with E-state index < -0.39 is 0 Å². The molecule has 0 spiro atoms. The summed E-state index contributed by atoms with van der Waals surface area (Å²) >= 11 is 2.07. The van der Waals surface area contributed by atoms with Gasteiger partial charge in [0.05, 0.1) is 12.2 Å². The van der Waals surface area contributed by atoms with Crippen molar-refractivity contribution in [1.29, 1.82) is 0 Å². The van der Waals surface area contributed by atoms with Crippen LogP contribution in [0.15, 0.2) is 23.3 Å². The summed E-state index contributed by atoms with van der Waals surface area (Å²) in [5, 5.41) is 4.17. The maximum absolute atomic E-state index is 4.42. The normalized spacial score (nSPS) is 19.1. The number of aliphatic imine (C=N–C) groups is 1. The molecule has 1 atom stereocenters. The molecule has 1 aromatic rings. The Morgan fingerprint density at radius 2 is 2.38 bits per heavy atom. The largest absolute Gasteiger partial charge is 0.351 e. The molecule has 0 bridgehead atoms. The van der Waals surface area contributed by atoms with Crippen LogP contribution < -0.4 is 5.32 Å². The summed E-state index contributed by atoms with van der Waals surface area (Å²) in [6.45, 7) is 7.25. The fourth-order valence-corrected chi connectivity index (χ4v) is 3.54.